The zero-order valence-corrected chi connectivity index (χ0v) is 9.66. The summed E-state index contributed by atoms with van der Waals surface area (Å²) in [5.74, 6) is 0. The Bertz CT molecular complexity index is 561. The highest BCUT2D eigenvalue weighted by Crippen LogP contribution is 2.46. The van der Waals surface area contributed by atoms with Crippen LogP contribution < -0.4 is 5.32 Å². The van der Waals surface area contributed by atoms with Crippen molar-refractivity contribution in [3.05, 3.63) is 65.2 Å². The number of hydrogen-bond donors (Lipinski definition) is 1. The monoisotopic (exact) mass is 220 g/mol. The van der Waals surface area contributed by atoms with Gasteiger partial charge in [0.1, 0.15) is 0 Å². The largest absolute Gasteiger partial charge is 0.384 e. The quantitative estimate of drug-likeness (QED) is 0.719. The predicted molar refractivity (Wildman–Crippen MR) is 69.3 cm³/mol. The van der Waals surface area contributed by atoms with Gasteiger partial charge < -0.3 is 5.32 Å². The van der Waals surface area contributed by atoms with E-state index in [2.05, 4.69) is 47.8 Å². The van der Waals surface area contributed by atoms with Gasteiger partial charge in [0.25, 0.3) is 0 Å². The molecule has 0 fully saturated rings. The zero-order valence-electron chi connectivity index (χ0n) is 9.66. The molecule has 1 nitrogen and oxygen atoms in total. The summed E-state index contributed by atoms with van der Waals surface area (Å²) >= 11 is 0. The fourth-order valence-electron chi connectivity index (χ4n) is 3.41. The van der Waals surface area contributed by atoms with E-state index >= 15 is 0 Å². The van der Waals surface area contributed by atoms with E-state index in [1.807, 2.05) is 6.07 Å². The van der Waals surface area contributed by atoms with Crippen LogP contribution in [0.15, 0.2) is 42.5 Å². The van der Waals surface area contributed by atoms with E-state index in [0.29, 0.717) is 5.41 Å². The summed E-state index contributed by atoms with van der Waals surface area (Å²) in [6, 6.07) is 18.4. The van der Waals surface area contributed by atoms with Crippen molar-refractivity contribution in [3.63, 3.8) is 0 Å². The number of rotatable bonds is 0. The fourth-order valence-corrected chi connectivity index (χ4v) is 3.41. The van der Waals surface area contributed by atoms with Crippen molar-refractivity contribution >= 4 is 5.69 Å². The lowest BCUT2D eigenvalue weighted by atomic mass is 9.80. The molecule has 1 spiro atoms. The Morgan fingerprint density at radius 3 is 2.59 bits per heavy atom. The van der Waals surface area contributed by atoms with Crippen molar-refractivity contribution in [1.82, 2.24) is 0 Å². The first-order chi connectivity index (χ1) is 8.37. The molecule has 0 saturated heterocycles. The Morgan fingerprint density at radius 1 is 1.06 bits per heavy atom. The summed E-state index contributed by atoms with van der Waals surface area (Å²) in [5.41, 5.74) is 6.10. The summed E-state index contributed by atoms with van der Waals surface area (Å²) in [6.07, 6.45) is 2.35. The van der Waals surface area contributed by atoms with Crippen LogP contribution in [0.25, 0.3) is 0 Å². The van der Waals surface area contributed by atoms with Crippen LogP contribution in [0.2, 0.25) is 0 Å². The van der Waals surface area contributed by atoms with E-state index in [-0.39, 0.29) is 0 Å². The third kappa shape index (κ3) is 1.20. The van der Waals surface area contributed by atoms with Gasteiger partial charge in [0, 0.05) is 17.6 Å². The molecule has 1 heteroatoms. The van der Waals surface area contributed by atoms with E-state index in [9.17, 15) is 0 Å². The van der Waals surface area contributed by atoms with Crippen LogP contribution >= 0.6 is 0 Å². The molecule has 0 bridgehead atoms. The standard InChI is InChI=1S/C16H14N/c1-2-6-13-10-16(9-12(13)5-1)11-17-15-8-4-3-7-14(15)16/h1-3,5-8,17H,9-11H2. The summed E-state index contributed by atoms with van der Waals surface area (Å²) in [5, 5.41) is 3.54. The number of nitrogens with one attached hydrogen (secondary N) is 1. The smallest absolute Gasteiger partial charge is 0.0385 e. The fraction of sp³-hybridized carbons (Fsp3) is 0.250. The first kappa shape index (κ1) is 9.29. The van der Waals surface area contributed by atoms with Crippen LogP contribution in [0.4, 0.5) is 5.69 Å². The minimum Gasteiger partial charge on any atom is -0.384 e. The number of fused-ring (bicyclic) bond motifs is 3. The lowest BCUT2D eigenvalue weighted by Gasteiger charge is -2.22. The predicted octanol–water partition coefficient (Wildman–Crippen LogP) is 2.95. The molecule has 17 heavy (non-hydrogen) atoms. The van der Waals surface area contributed by atoms with E-state index in [0.717, 1.165) is 6.54 Å². The number of anilines is 1. The lowest BCUT2D eigenvalue weighted by molar-refractivity contribution is 0.501. The average Bonchev–Trinajstić information content (AvgIpc) is 2.92. The topological polar surface area (TPSA) is 12.0 Å². The zero-order chi connectivity index (χ0) is 11.3. The molecule has 1 aliphatic heterocycles. The van der Waals surface area contributed by atoms with Gasteiger partial charge in [-0.2, -0.15) is 0 Å². The van der Waals surface area contributed by atoms with Crippen molar-refractivity contribution in [1.29, 1.82) is 0 Å². The second-order valence-corrected chi connectivity index (χ2v) is 5.23. The molecule has 83 valence electrons. The van der Waals surface area contributed by atoms with E-state index in [4.69, 9.17) is 0 Å². The van der Waals surface area contributed by atoms with Gasteiger partial charge in [-0.15, -0.1) is 0 Å². The maximum atomic E-state index is 3.54. The highest BCUT2D eigenvalue weighted by molar-refractivity contribution is 5.62. The average molecular weight is 220 g/mol. The molecule has 0 amide bonds. The SMILES string of the molecule is [c]1ccc2c(c1)NCC21Cc2ccccc2C1. The molecule has 1 N–H and O–H groups in total. The highest BCUT2D eigenvalue weighted by Gasteiger charge is 2.43. The Labute approximate surface area is 101 Å². The van der Waals surface area contributed by atoms with Crippen molar-refractivity contribution in [2.24, 2.45) is 0 Å². The maximum Gasteiger partial charge on any atom is 0.0385 e. The van der Waals surface area contributed by atoms with Gasteiger partial charge in [0.15, 0.2) is 0 Å². The van der Waals surface area contributed by atoms with Gasteiger partial charge in [-0.25, -0.2) is 0 Å². The third-order valence-corrected chi connectivity index (χ3v) is 4.23. The Balaban J connectivity index is 1.84. The summed E-state index contributed by atoms with van der Waals surface area (Å²) in [7, 11) is 0. The minimum absolute atomic E-state index is 0.300. The van der Waals surface area contributed by atoms with Gasteiger partial charge in [0.05, 0.1) is 0 Å². The molecule has 2 aromatic rings. The highest BCUT2D eigenvalue weighted by atomic mass is 14.9. The second-order valence-electron chi connectivity index (χ2n) is 5.23. The summed E-state index contributed by atoms with van der Waals surface area (Å²) in [6.45, 7) is 1.06. The normalized spacial score (nSPS) is 18.8. The minimum atomic E-state index is 0.300. The third-order valence-electron chi connectivity index (χ3n) is 4.23. The van der Waals surface area contributed by atoms with Crippen LogP contribution in [0.1, 0.15) is 16.7 Å². The van der Waals surface area contributed by atoms with Gasteiger partial charge in [-0.1, -0.05) is 36.4 Å². The van der Waals surface area contributed by atoms with E-state index < -0.39 is 0 Å². The van der Waals surface area contributed by atoms with Gasteiger partial charge in [-0.3, -0.25) is 0 Å². The molecule has 2 aliphatic rings. The van der Waals surface area contributed by atoms with Crippen LogP contribution in [-0.2, 0) is 18.3 Å². The van der Waals surface area contributed by atoms with Crippen LogP contribution in [0.3, 0.4) is 0 Å². The molecule has 0 unspecified atom stereocenters. The van der Waals surface area contributed by atoms with E-state index in [1.54, 1.807) is 0 Å². The van der Waals surface area contributed by atoms with E-state index in [1.165, 1.54) is 35.2 Å². The maximum absolute atomic E-state index is 3.54. The van der Waals surface area contributed by atoms with Crippen molar-refractivity contribution < 1.29 is 0 Å². The first-order valence-corrected chi connectivity index (χ1v) is 6.19. The van der Waals surface area contributed by atoms with Crippen LogP contribution in [0.5, 0.6) is 0 Å². The lowest BCUT2D eigenvalue weighted by Crippen LogP contribution is -2.28. The van der Waals surface area contributed by atoms with Gasteiger partial charge in [-0.05, 0) is 41.7 Å². The molecule has 0 aromatic heterocycles. The molecule has 0 atom stereocenters. The van der Waals surface area contributed by atoms with Crippen molar-refractivity contribution in [2.75, 3.05) is 11.9 Å². The molecule has 1 heterocycles. The molecular formula is C16H14N. The molecule has 1 aliphatic carbocycles. The molecule has 4 rings (SSSR count). The molecular weight excluding hydrogens is 206 g/mol. The molecule has 1 radical (unpaired) electrons. The number of benzene rings is 2. The first-order valence-electron chi connectivity index (χ1n) is 6.19. The van der Waals surface area contributed by atoms with Crippen LogP contribution in [-0.4, -0.2) is 6.54 Å². The Morgan fingerprint density at radius 2 is 1.82 bits per heavy atom. The van der Waals surface area contributed by atoms with Crippen LogP contribution in [0, 0.1) is 6.07 Å². The second kappa shape index (κ2) is 3.13. The van der Waals surface area contributed by atoms with Gasteiger partial charge in [0.2, 0.25) is 0 Å². The Kier molecular flexibility index (Phi) is 1.71. The van der Waals surface area contributed by atoms with Crippen molar-refractivity contribution in [2.45, 2.75) is 18.3 Å². The molecule has 2 aromatic carbocycles. The molecule has 0 saturated carbocycles. The summed E-state index contributed by atoms with van der Waals surface area (Å²) < 4.78 is 0. The summed E-state index contributed by atoms with van der Waals surface area (Å²) in [4.78, 5) is 0. The van der Waals surface area contributed by atoms with Crippen molar-refractivity contribution in [3.8, 4) is 0 Å². The van der Waals surface area contributed by atoms with Gasteiger partial charge >= 0.3 is 0 Å². The number of hydrogen-bond acceptors (Lipinski definition) is 1. The Hall–Kier alpha value is -1.76.